The largest absolute Gasteiger partial charge is 0.452 e. The first kappa shape index (κ1) is 21.0. The van der Waals surface area contributed by atoms with Crippen molar-refractivity contribution in [3.8, 4) is 0 Å². The standard InChI is InChI=1S/C20H27N3O6/c1-14-4-2-3-5-16(14)21-19(24)13-29-20(25)15-6-7-17(18(12-15)23(26)27)22-8-10-28-11-9-22/h6-7,12,14,16H,2-5,8-11,13H2,1H3,(H,21,24)/t14-,16+/m1/s1. The van der Waals surface area contributed by atoms with Crippen LogP contribution < -0.4 is 10.2 Å². The van der Waals surface area contributed by atoms with Crippen molar-refractivity contribution in [2.45, 2.75) is 38.6 Å². The lowest BCUT2D eigenvalue weighted by molar-refractivity contribution is -0.384. The zero-order chi connectivity index (χ0) is 20.8. The summed E-state index contributed by atoms with van der Waals surface area (Å²) in [5, 5.41) is 14.4. The summed E-state index contributed by atoms with van der Waals surface area (Å²) < 4.78 is 10.4. The van der Waals surface area contributed by atoms with E-state index in [0.717, 1.165) is 19.3 Å². The minimum absolute atomic E-state index is 0.0487. The van der Waals surface area contributed by atoms with Gasteiger partial charge in [0.15, 0.2) is 6.61 Å². The van der Waals surface area contributed by atoms with Crippen molar-refractivity contribution in [2.24, 2.45) is 5.92 Å². The van der Waals surface area contributed by atoms with Gasteiger partial charge in [0.05, 0.1) is 23.7 Å². The van der Waals surface area contributed by atoms with Crippen LogP contribution in [0.3, 0.4) is 0 Å². The second-order valence-corrected chi connectivity index (χ2v) is 7.57. The fourth-order valence-corrected chi connectivity index (χ4v) is 3.86. The van der Waals surface area contributed by atoms with E-state index in [1.807, 2.05) is 4.90 Å². The van der Waals surface area contributed by atoms with Gasteiger partial charge < -0.3 is 19.7 Å². The summed E-state index contributed by atoms with van der Waals surface area (Å²) in [5.41, 5.74) is 0.327. The Bertz CT molecular complexity index is 763. The van der Waals surface area contributed by atoms with Gasteiger partial charge in [-0.15, -0.1) is 0 Å². The molecule has 0 spiro atoms. The Kier molecular flexibility index (Phi) is 7.03. The summed E-state index contributed by atoms with van der Waals surface area (Å²) in [6.07, 6.45) is 4.25. The highest BCUT2D eigenvalue weighted by atomic mass is 16.6. The average Bonchev–Trinajstić information content (AvgIpc) is 2.74. The number of carbonyl (C=O) groups is 2. The molecule has 0 radical (unpaired) electrons. The maximum Gasteiger partial charge on any atom is 0.338 e. The number of rotatable bonds is 6. The van der Waals surface area contributed by atoms with E-state index in [9.17, 15) is 19.7 Å². The fraction of sp³-hybridized carbons (Fsp3) is 0.600. The number of hydrogen-bond acceptors (Lipinski definition) is 7. The first-order chi connectivity index (χ1) is 14.0. The topological polar surface area (TPSA) is 111 Å². The molecule has 1 aromatic rings. The van der Waals surface area contributed by atoms with E-state index in [0.29, 0.717) is 37.9 Å². The maximum atomic E-state index is 12.3. The van der Waals surface area contributed by atoms with Gasteiger partial charge in [-0.25, -0.2) is 4.79 Å². The van der Waals surface area contributed by atoms with Crippen molar-refractivity contribution in [3.05, 3.63) is 33.9 Å². The first-order valence-electron chi connectivity index (χ1n) is 10.0. The van der Waals surface area contributed by atoms with Crippen LogP contribution in [0, 0.1) is 16.0 Å². The van der Waals surface area contributed by atoms with Crippen LogP contribution in [0.25, 0.3) is 0 Å². The Hall–Kier alpha value is -2.68. The normalized spacial score (nSPS) is 22.0. The van der Waals surface area contributed by atoms with Gasteiger partial charge in [0.25, 0.3) is 11.6 Å². The third-order valence-corrected chi connectivity index (χ3v) is 5.55. The molecule has 1 aliphatic carbocycles. The van der Waals surface area contributed by atoms with Gasteiger partial charge in [0.2, 0.25) is 0 Å². The van der Waals surface area contributed by atoms with Crippen LogP contribution >= 0.6 is 0 Å². The molecule has 0 aromatic heterocycles. The van der Waals surface area contributed by atoms with Crippen LogP contribution in [0.2, 0.25) is 0 Å². The molecule has 9 heteroatoms. The minimum Gasteiger partial charge on any atom is -0.452 e. The van der Waals surface area contributed by atoms with Crippen LogP contribution in [0.1, 0.15) is 43.0 Å². The van der Waals surface area contributed by atoms with Gasteiger partial charge in [0.1, 0.15) is 5.69 Å². The lowest BCUT2D eigenvalue weighted by Gasteiger charge is -2.29. The van der Waals surface area contributed by atoms with E-state index in [4.69, 9.17) is 9.47 Å². The molecule has 2 atom stereocenters. The summed E-state index contributed by atoms with van der Waals surface area (Å²) >= 11 is 0. The summed E-state index contributed by atoms with van der Waals surface area (Å²) in [6.45, 7) is 3.78. The third-order valence-electron chi connectivity index (χ3n) is 5.55. The van der Waals surface area contributed by atoms with Crippen LogP contribution in [0.5, 0.6) is 0 Å². The number of carbonyl (C=O) groups excluding carboxylic acids is 2. The number of hydrogen-bond donors (Lipinski definition) is 1. The minimum atomic E-state index is -0.756. The molecule has 158 valence electrons. The molecule has 1 aromatic carbocycles. The molecular formula is C20H27N3O6. The van der Waals surface area contributed by atoms with E-state index >= 15 is 0 Å². The Morgan fingerprint density at radius 2 is 2.00 bits per heavy atom. The van der Waals surface area contributed by atoms with E-state index in [1.54, 1.807) is 6.07 Å². The molecule has 2 aliphatic rings. The van der Waals surface area contributed by atoms with Crippen molar-refractivity contribution in [3.63, 3.8) is 0 Å². The molecule has 1 saturated carbocycles. The van der Waals surface area contributed by atoms with Crippen molar-refractivity contribution < 1.29 is 24.0 Å². The molecule has 0 bridgehead atoms. The second-order valence-electron chi connectivity index (χ2n) is 7.57. The second kappa shape index (κ2) is 9.69. The predicted octanol–water partition coefficient (Wildman–Crippen LogP) is 2.28. The number of nitro benzene ring substituents is 1. The Morgan fingerprint density at radius 3 is 2.69 bits per heavy atom. The number of amides is 1. The van der Waals surface area contributed by atoms with Gasteiger partial charge in [-0.05, 0) is 30.9 Å². The van der Waals surface area contributed by atoms with Gasteiger partial charge in [-0.2, -0.15) is 0 Å². The highest BCUT2D eigenvalue weighted by molar-refractivity contribution is 5.93. The molecule has 1 saturated heterocycles. The Balaban J connectivity index is 1.60. The molecule has 3 rings (SSSR count). The van der Waals surface area contributed by atoms with E-state index in [2.05, 4.69) is 12.2 Å². The number of ether oxygens (including phenoxy) is 2. The van der Waals surface area contributed by atoms with Crippen molar-refractivity contribution in [2.75, 3.05) is 37.8 Å². The van der Waals surface area contributed by atoms with Crippen molar-refractivity contribution in [1.29, 1.82) is 0 Å². The maximum absolute atomic E-state index is 12.3. The van der Waals surface area contributed by atoms with Crippen LogP contribution in [-0.4, -0.2) is 55.8 Å². The predicted molar refractivity (Wildman–Crippen MR) is 106 cm³/mol. The van der Waals surface area contributed by atoms with Crippen molar-refractivity contribution >= 4 is 23.3 Å². The monoisotopic (exact) mass is 405 g/mol. The van der Waals surface area contributed by atoms with Gasteiger partial charge in [-0.3, -0.25) is 14.9 Å². The van der Waals surface area contributed by atoms with Crippen LogP contribution in [0.15, 0.2) is 18.2 Å². The number of benzene rings is 1. The lowest BCUT2D eigenvalue weighted by Crippen LogP contribution is -2.42. The number of morpholine rings is 1. The number of anilines is 1. The number of nitrogens with one attached hydrogen (secondary N) is 1. The number of esters is 1. The molecule has 2 fully saturated rings. The highest BCUT2D eigenvalue weighted by Crippen LogP contribution is 2.30. The zero-order valence-corrected chi connectivity index (χ0v) is 16.6. The molecule has 9 nitrogen and oxygen atoms in total. The summed E-state index contributed by atoms with van der Waals surface area (Å²) in [6, 6.07) is 4.34. The van der Waals surface area contributed by atoms with E-state index < -0.39 is 17.5 Å². The van der Waals surface area contributed by atoms with Gasteiger partial charge >= 0.3 is 5.97 Å². The van der Waals surface area contributed by atoms with Crippen molar-refractivity contribution in [1.82, 2.24) is 5.32 Å². The zero-order valence-electron chi connectivity index (χ0n) is 16.6. The molecule has 1 N–H and O–H groups in total. The summed E-state index contributed by atoms with van der Waals surface area (Å²) in [5.74, 6) is -0.705. The van der Waals surface area contributed by atoms with E-state index in [-0.39, 0.29) is 23.2 Å². The molecule has 1 aliphatic heterocycles. The third kappa shape index (κ3) is 5.44. The van der Waals surface area contributed by atoms with Crippen LogP contribution in [-0.2, 0) is 14.3 Å². The Labute approximate surface area is 169 Å². The molecule has 1 heterocycles. The highest BCUT2D eigenvalue weighted by Gasteiger charge is 2.25. The molecule has 0 unspecified atom stereocenters. The summed E-state index contributed by atoms with van der Waals surface area (Å²) in [7, 11) is 0. The van der Waals surface area contributed by atoms with E-state index in [1.165, 1.54) is 18.6 Å². The summed E-state index contributed by atoms with van der Waals surface area (Å²) in [4.78, 5) is 37.3. The van der Waals surface area contributed by atoms with Gasteiger partial charge in [-0.1, -0.05) is 19.8 Å². The number of nitrogens with zero attached hydrogens (tertiary/aromatic N) is 2. The molecule has 29 heavy (non-hydrogen) atoms. The SMILES string of the molecule is C[C@@H]1CCCC[C@@H]1NC(=O)COC(=O)c1ccc(N2CCOCC2)c([N+](=O)[O-])c1. The smallest absolute Gasteiger partial charge is 0.338 e. The molecule has 1 amide bonds. The number of nitro groups is 1. The van der Waals surface area contributed by atoms with Gasteiger partial charge in [0, 0.05) is 25.2 Å². The first-order valence-corrected chi connectivity index (χ1v) is 10.0. The van der Waals surface area contributed by atoms with Crippen LogP contribution in [0.4, 0.5) is 11.4 Å². The quantitative estimate of drug-likeness (QED) is 0.439. The fourth-order valence-electron chi connectivity index (χ4n) is 3.86. The lowest BCUT2D eigenvalue weighted by atomic mass is 9.86. The Morgan fingerprint density at radius 1 is 1.28 bits per heavy atom. The average molecular weight is 405 g/mol. The molecular weight excluding hydrogens is 378 g/mol.